The Hall–Kier alpha value is -1.88. The minimum atomic E-state index is -0.0398. The third-order valence-corrected chi connectivity index (χ3v) is 5.41. The van der Waals surface area contributed by atoms with Crippen molar-refractivity contribution < 1.29 is 0 Å². The molecule has 5 heteroatoms. The van der Waals surface area contributed by atoms with Crippen LogP contribution < -0.4 is 10.6 Å². The van der Waals surface area contributed by atoms with Crippen molar-refractivity contribution in [2.45, 2.75) is 13.0 Å². The summed E-state index contributed by atoms with van der Waals surface area (Å²) < 4.78 is 0.852. The van der Waals surface area contributed by atoms with Gasteiger partial charge in [-0.3, -0.25) is 0 Å². The second kappa shape index (κ2) is 8.67. The predicted molar refractivity (Wildman–Crippen MR) is 118 cm³/mol. The van der Waals surface area contributed by atoms with Crippen molar-refractivity contribution in [3.63, 3.8) is 0 Å². The van der Waals surface area contributed by atoms with Crippen LogP contribution in [0.2, 0.25) is 5.02 Å². The number of thiocarbonyl (C=S) groups is 1. The molecule has 0 saturated heterocycles. The van der Waals surface area contributed by atoms with E-state index in [0.717, 1.165) is 21.3 Å². The zero-order valence-corrected chi connectivity index (χ0v) is 17.3. The van der Waals surface area contributed by atoms with Gasteiger partial charge in [0.05, 0.1) is 11.1 Å². The Bertz CT molecular complexity index is 915. The molecule has 132 valence electrons. The van der Waals surface area contributed by atoms with Gasteiger partial charge in [0.2, 0.25) is 0 Å². The van der Waals surface area contributed by atoms with E-state index in [4.69, 9.17) is 23.8 Å². The summed E-state index contributed by atoms with van der Waals surface area (Å²) in [6.07, 6.45) is 0. The van der Waals surface area contributed by atoms with Gasteiger partial charge in [0, 0.05) is 10.2 Å². The Balaban J connectivity index is 1.83. The van der Waals surface area contributed by atoms with E-state index in [9.17, 15) is 0 Å². The largest absolute Gasteiger partial charge is 0.352 e. The minimum Gasteiger partial charge on any atom is -0.352 e. The second-order valence-corrected chi connectivity index (χ2v) is 7.65. The van der Waals surface area contributed by atoms with Crippen LogP contribution in [0.15, 0.2) is 77.3 Å². The zero-order valence-electron chi connectivity index (χ0n) is 14.2. The normalized spacial score (nSPS) is 11.7. The average Bonchev–Trinajstić information content (AvgIpc) is 2.63. The van der Waals surface area contributed by atoms with Crippen LogP contribution >= 0.6 is 39.7 Å². The Morgan fingerprint density at radius 3 is 2.38 bits per heavy atom. The van der Waals surface area contributed by atoms with Crippen molar-refractivity contribution in [2.24, 2.45) is 0 Å². The molecule has 0 aliphatic rings. The lowest BCUT2D eigenvalue weighted by atomic mass is 9.97. The van der Waals surface area contributed by atoms with Gasteiger partial charge in [-0.05, 0) is 64.4 Å². The van der Waals surface area contributed by atoms with E-state index in [-0.39, 0.29) is 6.04 Å². The van der Waals surface area contributed by atoms with Crippen LogP contribution in [0.5, 0.6) is 0 Å². The number of hydrogen-bond donors (Lipinski definition) is 2. The average molecular weight is 446 g/mol. The van der Waals surface area contributed by atoms with E-state index in [2.05, 4.69) is 69.9 Å². The summed E-state index contributed by atoms with van der Waals surface area (Å²) in [6.45, 7) is 2.09. The van der Waals surface area contributed by atoms with Gasteiger partial charge in [-0.1, -0.05) is 71.8 Å². The fraction of sp³-hybridized carbons (Fsp3) is 0.0952. The van der Waals surface area contributed by atoms with Crippen molar-refractivity contribution >= 4 is 50.5 Å². The smallest absolute Gasteiger partial charge is 0.171 e. The van der Waals surface area contributed by atoms with E-state index in [1.807, 2.05) is 36.4 Å². The maximum atomic E-state index is 6.16. The zero-order chi connectivity index (χ0) is 18.5. The first-order valence-electron chi connectivity index (χ1n) is 8.17. The molecule has 0 aliphatic heterocycles. The molecule has 3 rings (SSSR count). The van der Waals surface area contributed by atoms with E-state index in [1.165, 1.54) is 5.56 Å². The standard InChI is InChI=1S/C21H18BrClN2S/c1-14-6-5-9-16(12-14)20(15-7-3-2-4-8-15)25-21(26)24-17-10-11-18(22)19(23)13-17/h2-13,20H,1H3,(H2,24,25,26)/t20-/m0/s1. The molecule has 2 nitrogen and oxygen atoms in total. The van der Waals surface area contributed by atoms with Crippen LogP contribution in [-0.4, -0.2) is 5.11 Å². The van der Waals surface area contributed by atoms with Crippen molar-refractivity contribution in [3.8, 4) is 0 Å². The number of rotatable bonds is 4. The Morgan fingerprint density at radius 1 is 0.962 bits per heavy atom. The number of benzene rings is 3. The first-order chi connectivity index (χ1) is 12.5. The molecule has 1 atom stereocenters. The molecule has 0 unspecified atom stereocenters. The molecule has 0 heterocycles. The highest BCUT2D eigenvalue weighted by Gasteiger charge is 2.15. The van der Waals surface area contributed by atoms with E-state index >= 15 is 0 Å². The molecule has 0 aromatic heterocycles. The summed E-state index contributed by atoms with van der Waals surface area (Å²) in [4.78, 5) is 0. The molecule has 0 aliphatic carbocycles. The topological polar surface area (TPSA) is 24.1 Å². The summed E-state index contributed by atoms with van der Waals surface area (Å²) in [5, 5.41) is 7.81. The number of hydrogen-bond acceptors (Lipinski definition) is 1. The van der Waals surface area contributed by atoms with Gasteiger partial charge in [0.1, 0.15) is 0 Å². The lowest BCUT2D eigenvalue weighted by Gasteiger charge is -2.22. The Labute approximate surface area is 172 Å². The van der Waals surface area contributed by atoms with Crippen molar-refractivity contribution in [1.29, 1.82) is 0 Å². The highest BCUT2D eigenvalue weighted by Crippen LogP contribution is 2.26. The first kappa shape index (κ1) is 18.9. The highest BCUT2D eigenvalue weighted by atomic mass is 79.9. The SMILES string of the molecule is Cc1cccc([C@@H](NC(=S)Nc2ccc(Br)c(Cl)c2)c2ccccc2)c1. The predicted octanol–water partition coefficient (Wildman–Crippen LogP) is 6.49. The molecule has 0 radical (unpaired) electrons. The van der Waals surface area contributed by atoms with Gasteiger partial charge in [0.25, 0.3) is 0 Å². The van der Waals surface area contributed by atoms with Crippen LogP contribution in [-0.2, 0) is 0 Å². The summed E-state index contributed by atoms with van der Waals surface area (Å²) in [5.41, 5.74) is 4.36. The molecule has 0 bridgehead atoms. The maximum absolute atomic E-state index is 6.16. The molecule has 0 saturated carbocycles. The molecule has 26 heavy (non-hydrogen) atoms. The van der Waals surface area contributed by atoms with Crippen molar-refractivity contribution in [2.75, 3.05) is 5.32 Å². The summed E-state index contributed by atoms with van der Waals surface area (Å²) in [7, 11) is 0. The molecule has 0 amide bonds. The fourth-order valence-corrected chi connectivity index (χ4v) is 3.39. The van der Waals surface area contributed by atoms with Crippen molar-refractivity contribution in [1.82, 2.24) is 5.32 Å². The molecule has 2 N–H and O–H groups in total. The molecule has 3 aromatic rings. The fourth-order valence-electron chi connectivity index (χ4n) is 2.73. The maximum Gasteiger partial charge on any atom is 0.171 e. The van der Waals surface area contributed by atoms with E-state index in [0.29, 0.717) is 10.1 Å². The molecule has 0 spiro atoms. The number of halogens is 2. The second-order valence-electron chi connectivity index (χ2n) is 5.99. The highest BCUT2D eigenvalue weighted by molar-refractivity contribution is 9.10. The van der Waals surface area contributed by atoms with Crippen LogP contribution in [0.25, 0.3) is 0 Å². The van der Waals surface area contributed by atoms with Crippen LogP contribution in [0.4, 0.5) is 5.69 Å². The van der Waals surface area contributed by atoms with E-state index in [1.54, 1.807) is 0 Å². The summed E-state index contributed by atoms with van der Waals surface area (Å²) >= 11 is 15.1. The lowest BCUT2D eigenvalue weighted by molar-refractivity contribution is 0.768. The van der Waals surface area contributed by atoms with Gasteiger partial charge >= 0.3 is 0 Å². The Morgan fingerprint density at radius 2 is 1.69 bits per heavy atom. The van der Waals surface area contributed by atoms with Gasteiger partial charge in [0.15, 0.2) is 5.11 Å². The molecular formula is C21H18BrClN2S. The minimum absolute atomic E-state index is 0.0398. The van der Waals surface area contributed by atoms with Crippen LogP contribution in [0.3, 0.4) is 0 Å². The lowest BCUT2D eigenvalue weighted by Crippen LogP contribution is -2.33. The molecule has 0 fully saturated rings. The molecule has 3 aromatic carbocycles. The van der Waals surface area contributed by atoms with Gasteiger partial charge in [-0.15, -0.1) is 0 Å². The summed E-state index contributed by atoms with van der Waals surface area (Å²) in [5.74, 6) is 0. The summed E-state index contributed by atoms with van der Waals surface area (Å²) in [6, 6.07) is 24.3. The van der Waals surface area contributed by atoms with E-state index < -0.39 is 0 Å². The number of aryl methyl sites for hydroxylation is 1. The number of nitrogens with one attached hydrogen (secondary N) is 2. The van der Waals surface area contributed by atoms with Crippen LogP contribution in [0, 0.1) is 6.92 Å². The third kappa shape index (κ3) is 4.85. The van der Waals surface area contributed by atoms with Gasteiger partial charge in [-0.25, -0.2) is 0 Å². The monoisotopic (exact) mass is 444 g/mol. The third-order valence-electron chi connectivity index (χ3n) is 3.96. The molecular weight excluding hydrogens is 428 g/mol. The van der Waals surface area contributed by atoms with Gasteiger partial charge < -0.3 is 10.6 Å². The quantitative estimate of drug-likeness (QED) is 0.449. The van der Waals surface area contributed by atoms with Crippen molar-refractivity contribution in [3.05, 3.63) is 99.0 Å². The van der Waals surface area contributed by atoms with Gasteiger partial charge in [-0.2, -0.15) is 0 Å². The Kier molecular flexibility index (Phi) is 6.30. The number of anilines is 1. The first-order valence-corrected chi connectivity index (χ1v) is 9.75. The van der Waals surface area contributed by atoms with Crippen LogP contribution in [0.1, 0.15) is 22.7 Å².